The Morgan fingerprint density at radius 1 is 1.29 bits per heavy atom. The molecule has 2 unspecified atom stereocenters. The van der Waals surface area contributed by atoms with E-state index in [1.54, 1.807) is 12.1 Å². The molecular weight excluding hydrogens is 395 g/mol. The minimum atomic E-state index is -0.261. The van der Waals surface area contributed by atoms with Crippen LogP contribution in [0.3, 0.4) is 0 Å². The van der Waals surface area contributed by atoms with Crippen LogP contribution in [0, 0.1) is 23.6 Å². The van der Waals surface area contributed by atoms with Crippen LogP contribution in [0.1, 0.15) is 37.7 Å². The van der Waals surface area contributed by atoms with Crippen LogP contribution in [-0.4, -0.2) is 18.5 Å². The van der Waals surface area contributed by atoms with Gasteiger partial charge in [0.15, 0.2) is 0 Å². The van der Waals surface area contributed by atoms with E-state index in [0.717, 1.165) is 18.4 Å². The van der Waals surface area contributed by atoms with Gasteiger partial charge < -0.3 is 11.1 Å². The van der Waals surface area contributed by atoms with Crippen molar-refractivity contribution in [1.29, 1.82) is 0 Å². The van der Waals surface area contributed by atoms with Gasteiger partial charge in [-0.3, -0.25) is 4.79 Å². The summed E-state index contributed by atoms with van der Waals surface area (Å²) in [5.74, 6) is 1.06. The van der Waals surface area contributed by atoms with Crippen molar-refractivity contribution in [3.05, 3.63) is 34.1 Å². The fraction of sp³-hybridized carbons (Fsp3) is 0.611. The predicted molar refractivity (Wildman–Crippen MR) is 99.6 cm³/mol. The average molecular weight is 420 g/mol. The first-order chi connectivity index (χ1) is 11.0. The monoisotopic (exact) mass is 418 g/mol. The zero-order valence-electron chi connectivity index (χ0n) is 13.6. The van der Waals surface area contributed by atoms with Crippen LogP contribution in [0.5, 0.6) is 0 Å². The molecule has 3 N–H and O–H groups in total. The van der Waals surface area contributed by atoms with Gasteiger partial charge in [0.1, 0.15) is 5.82 Å². The number of rotatable bonds is 4. The van der Waals surface area contributed by atoms with E-state index in [9.17, 15) is 9.18 Å². The van der Waals surface area contributed by atoms with Crippen LogP contribution in [-0.2, 0) is 11.2 Å². The van der Waals surface area contributed by atoms with Gasteiger partial charge in [-0.25, -0.2) is 4.39 Å². The van der Waals surface area contributed by atoms with E-state index in [4.69, 9.17) is 5.73 Å². The van der Waals surface area contributed by atoms with Gasteiger partial charge in [-0.05, 0) is 77.6 Å². The van der Waals surface area contributed by atoms with Crippen molar-refractivity contribution in [3.8, 4) is 0 Å². The second kappa shape index (κ2) is 8.63. The summed E-state index contributed by atoms with van der Waals surface area (Å²) in [6.07, 6.45) is 6.19. The topological polar surface area (TPSA) is 55.1 Å². The Kier molecular flexibility index (Phi) is 7.08. The molecule has 2 saturated carbocycles. The summed E-state index contributed by atoms with van der Waals surface area (Å²) < 4.78 is 13.7. The summed E-state index contributed by atoms with van der Waals surface area (Å²) >= 11 is 3.19. The molecule has 3 rings (SSSR count). The number of carbonyl (C=O) groups is 1. The summed E-state index contributed by atoms with van der Waals surface area (Å²) in [5.41, 5.74) is 7.30. The zero-order valence-corrected chi connectivity index (χ0v) is 16.0. The minimum absolute atomic E-state index is 0. The predicted octanol–water partition coefficient (Wildman–Crippen LogP) is 3.82. The molecule has 0 spiro atoms. The third kappa shape index (κ3) is 4.50. The second-order valence-electron chi connectivity index (χ2n) is 6.99. The third-order valence-corrected chi connectivity index (χ3v) is 6.09. The number of halogens is 3. The lowest BCUT2D eigenvalue weighted by Gasteiger charge is -2.43. The largest absolute Gasteiger partial charge is 0.356 e. The molecule has 6 heteroatoms. The van der Waals surface area contributed by atoms with E-state index in [1.807, 2.05) is 0 Å². The van der Waals surface area contributed by atoms with E-state index >= 15 is 0 Å². The first-order valence-electron chi connectivity index (χ1n) is 8.52. The number of benzene rings is 1. The Hall–Kier alpha value is -0.650. The molecule has 1 amide bonds. The molecule has 134 valence electrons. The Balaban J connectivity index is 0.00000208. The van der Waals surface area contributed by atoms with Crippen LogP contribution in [0.2, 0.25) is 0 Å². The molecule has 2 bridgehead atoms. The van der Waals surface area contributed by atoms with Crippen molar-refractivity contribution in [2.24, 2.45) is 23.5 Å². The van der Waals surface area contributed by atoms with Crippen LogP contribution in [0.15, 0.2) is 22.7 Å². The standard InChI is InChI=1S/C18H24BrFN2O.ClH/c19-15-8-11(4-5-16(15)20)6-7-22-18(23)14-9-12-2-1-3-13(10-14)17(12)21;/h4-5,8,12-14,17H,1-3,6-7,9-10,21H2,(H,22,23);1H. The highest BCUT2D eigenvalue weighted by atomic mass is 79.9. The maximum absolute atomic E-state index is 13.2. The number of fused-ring (bicyclic) bond motifs is 2. The number of nitrogens with one attached hydrogen (secondary N) is 1. The van der Waals surface area contributed by atoms with E-state index < -0.39 is 0 Å². The number of hydrogen-bond donors (Lipinski definition) is 2. The maximum Gasteiger partial charge on any atom is 0.223 e. The van der Waals surface area contributed by atoms with E-state index in [1.165, 1.54) is 25.3 Å². The highest BCUT2D eigenvalue weighted by Crippen LogP contribution is 2.41. The van der Waals surface area contributed by atoms with Gasteiger partial charge in [-0.15, -0.1) is 12.4 Å². The van der Waals surface area contributed by atoms with Crippen molar-refractivity contribution in [3.63, 3.8) is 0 Å². The molecule has 0 aliphatic heterocycles. The molecular formula is C18H25BrClFN2O. The van der Waals surface area contributed by atoms with Gasteiger partial charge in [0.25, 0.3) is 0 Å². The number of hydrogen-bond acceptors (Lipinski definition) is 2. The van der Waals surface area contributed by atoms with Crippen molar-refractivity contribution < 1.29 is 9.18 Å². The van der Waals surface area contributed by atoms with Crippen molar-refractivity contribution >= 4 is 34.2 Å². The molecule has 0 heterocycles. The molecule has 1 aromatic carbocycles. The second-order valence-corrected chi connectivity index (χ2v) is 7.84. The number of carbonyl (C=O) groups excluding carboxylic acids is 1. The van der Waals surface area contributed by atoms with E-state index in [2.05, 4.69) is 21.2 Å². The van der Waals surface area contributed by atoms with Crippen LogP contribution in [0.25, 0.3) is 0 Å². The Morgan fingerprint density at radius 2 is 1.96 bits per heavy atom. The number of nitrogens with two attached hydrogens (primary N) is 1. The molecule has 2 aliphatic rings. The van der Waals surface area contributed by atoms with Gasteiger partial charge >= 0.3 is 0 Å². The maximum atomic E-state index is 13.2. The third-order valence-electron chi connectivity index (χ3n) is 5.48. The SMILES string of the molecule is Cl.NC1C2CCCC1CC(C(=O)NCCc1ccc(F)c(Br)c1)C2. The summed E-state index contributed by atoms with van der Waals surface area (Å²) in [5, 5.41) is 3.05. The van der Waals surface area contributed by atoms with Gasteiger partial charge in [0, 0.05) is 18.5 Å². The summed E-state index contributed by atoms with van der Waals surface area (Å²) in [4.78, 5) is 12.4. The first-order valence-corrected chi connectivity index (χ1v) is 9.31. The fourth-order valence-corrected chi connectivity index (χ4v) is 4.60. The van der Waals surface area contributed by atoms with Gasteiger partial charge in [-0.2, -0.15) is 0 Å². The molecule has 2 atom stereocenters. The average Bonchev–Trinajstić information content (AvgIpc) is 2.50. The highest BCUT2D eigenvalue weighted by Gasteiger charge is 2.40. The molecule has 1 aromatic rings. The zero-order chi connectivity index (χ0) is 16.4. The normalized spacial score (nSPS) is 28.8. The molecule has 3 nitrogen and oxygen atoms in total. The van der Waals surface area contributed by atoms with Crippen LogP contribution in [0.4, 0.5) is 4.39 Å². The lowest BCUT2D eigenvalue weighted by atomic mass is 9.65. The summed E-state index contributed by atoms with van der Waals surface area (Å²) in [6.45, 7) is 0.592. The van der Waals surface area contributed by atoms with Gasteiger partial charge in [0.2, 0.25) is 5.91 Å². The van der Waals surface area contributed by atoms with E-state index in [0.29, 0.717) is 35.3 Å². The Bertz CT molecular complexity index is 572. The molecule has 2 fully saturated rings. The molecule has 2 aliphatic carbocycles. The fourth-order valence-electron chi connectivity index (χ4n) is 4.17. The minimum Gasteiger partial charge on any atom is -0.356 e. The summed E-state index contributed by atoms with van der Waals surface area (Å²) in [7, 11) is 0. The van der Waals surface area contributed by atoms with Crippen molar-refractivity contribution in [2.75, 3.05) is 6.54 Å². The summed E-state index contributed by atoms with van der Waals surface area (Å²) in [6, 6.07) is 5.27. The molecule has 0 saturated heterocycles. The Labute approximate surface area is 157 Å². The van der Waals surface area contributed by atoms with Gasteiger partial charge in [-0.1, -0.05) is 12.5 Å². The lowest BCUT2D eigenvalue weighted by Crippen LogP contribution is -2.49. The van der Waals surface area contributed by atoms with Crippen LogP contribution < -0.4 is 11.1 Å². The Morgan fingerprint density at radius 3 is 2.58 bits per heavy atom. The highest BCUT2D eigenvalue weighted by molar-refractivity contribution is 9.10. The number of amides is 1. The molecule has 0 radical (unpaired) electrons. The molecule has 0 aromatic heterocycles. The smallest absolute Gasteiger partial charge is 0.223 e. The van der Waals surface area contributed by atoms with Crippen molar-refractivity contribution in [1.82, 2.24) is 5.32 Å². The van der Waals surface area contributed by atoms with Crippen LogP contribution >= 0.6 is 28.3 Å². The first kappa shape index (κ1) is 19.7. The van der Waals surface area contributed by atoms with Gasteiger partial charge in [0.05, 0.1) is 4.47 Å². The quantitative estimate of drug-likeness (QED) is 0.779. The lowest BCUT2D eigenvalue weighted by molar-refractivity contribution is -0.127. The van der Waals surface area contributed by atoms with E-state index in [-0.39, 0.29) is 30.0 Å². The van der Waals surface area contributed by atoms with Crippen molar-refractivity contribution in [2.45, 2.75) is 44.6 Å². The molecule has 24 heavy (non-hydrogen) atoms.